The third kappa shape index (κ3) is 5.61. The van der Waals surface area contributed by atoms with Crippen molar-refractivity contribution in [3.05, 3.63) is 28.8 Å². The Morgan fingerprint density at radius 2 is 2.00 bits per heavy atom. The summed E-state index contributed by atoms with van der Waals surface area (Å²) < 4.78 is 5.09. The Kier molecular flexibility index (Phi) is 4.78. The number of halogens is 1. The lowest BCUT2D eigenvalue weighted by Crippen LogP contribution is -2.27. The molecule has 0 radical (unpaired) electrons. The highest BCUT2D eigenvalue weighted by Crippen LogP contribution is 2.21. The Bertz CT molecular complexity index is 494. The second kappa shape index (κ2) is 5.93. The highest BCUT2D eigenvalue weighted by atomic mass is 35.5. The Morgan fingerprint density at radius 3 is 2.53 bits per heavy atom. The highest BCUT2D eigenvalue weighted by molar-refractivity contribution is 6.31. The number of benzene rings is 1. The minimum atomic E-state index is -0.990. The summed E-state index contributed by atoms with van der Waals surface area (Å²) in [6, 6.07) is 4.63. The summed E-state index contributed by atoms with van der Waals surface area (Å²) >= 11 is 5.88. The number of carboxylic acid groups (broad SMARTS) is 1. The molecule has 0 aliphatic heterocycles. The van der Waals surface area contributed by atoms with Gasteiger partial charge < -0.3 is 9.84 Å². The predicted octanol–water partition coefficient (Wildman–Crippen LogP) is 3.31. The average molecular weight is 286 g/mol. The van der Waals surface area contributed by atoms with Crippen molar-refractivity contribution in [1.29, 1.82) is 0 Å². The number of carbonyl (C=O) groups is 2. The number of hydrogen-bond donors (Lipinski definition) is 2. The van der Waals surface area contributed by atoms with Gasteiger partial charge in [0.05, 0.1) is 6.42 Å². The van der Waals surface area contributed by atoms with Crippen LogP contribution in [0.4, 0.5) is 10.5 Å². The van der Waals surface area contributed by atoms with E-state index in [0.29, 0.717) is 16.3 Å². The molecule has 0 saturated heterocycles. The van der Waals surface area contributed by atoms with Crippen LogP contribution in [-0.4, -0.2) is 22.8 Å². The van der Waals surface area contributed by atoms with E-state index in [2.05, 4.69) is 5.32 Å². The molecule has 0 heterocycles. The number of rotatable bonds is 3. The summed E-state index contributed by atoms with van der Waals surface area (Å²) in [6.45, 7) is 5.26. The molecule has 0 fully saturated rings. The number of aliphatic carboxylic acids is 1. The average Bonchev–Trinajstić information content (AvgIpc) is 2.19. The molecule has 5 nitrogen and oxygen atoms in total. The molecule has 0 atom stereocenters. The van der Waals surface area contributed by atoms with E-state index in [1.54, 1.807) is 26.8 Å². The van der Waals surface area contributed by atoms with Crippen LogP contribution in [0.15, 0.2) is 18.2 Å². The zero-order valence-corrected chi connectivity index (χ0v) is 11.7. The molecular weight excluding hydrogens is 270 g/mol. The fourth-order valence-electron chi connectivity index (χ4n) is 1.37. The standard InChI is InChI=1S/C13H16ClNO4/c1-13(2,3)19-12(18)15-9-4-5-10(14)8(6-9)7-11(16)17/h4-6H,7H2,1-3H3,(H,15,18)(H,16,17). The molecule has 1 rings (SSSR count). The van der Waals surface area contributed by atoms with Crippen molar-refractivity contribution < 1.29 is 19.4 Å². The molecule has 19 heavy (non-hydrogen) atoms. The lowest BCUT2D eigenvalue weighted by Gasteiger charge is -2.19. The maximum absolute atomic E-state index is 11.6. The minimum Gasteiger partial charge on any atom is -0.481 e. The molecule has 0 unspecified atom stereocenters. The van der Waals surface area contributed by atoms with Crippen LogP contribution in [0.1, 0.15) is 26.3 Å². The lowest BCUT2D eigenvalue weighted by atomic mass is 10.1. The normalized spacial score (nSPS) is 10.9. The zero-order chi connectivity index (χ0) is 14.6. The van der Waals surface area contributed by atoms with Crippen molar-refractivity contribution in [1.82, 2.24) is 0 Å². The summed E-state index contributed by atoms with van der Waals surface area (Å²) in [4.78, 5) is 22.2. The number of carboxylic acids is 1. The molecule has 1 amide bonds. The zero-order valence-electron chi connectivity index (χ0n) is 11.0. The SMILES string of the molecule is CC(C)(C)OC(=O)Nc1ccc(Cl)c(CC(=O)O)c1. The van der Waals surface area contributed by atoms with Gasteiger partial charge in [0, 0.05) is 10.7 Å². The van der Waals surface area contributed by atoms with Crippen LogP contribution >= 0.6 is 11.6 Å². The number of nitrogens with one attached hydrogen (secondary N) is 1. The van der Waals surface area contributed by atoms with Crippen molar-refractivity contribution in [2.24, 2.45) is 0 Å². The third-order valence-corrected chi connectivity index (χ3v) is 2.40. The van der Waals surface area contributed by atoms with E-state index >= 15 is 0 Å². The van der Waals surface area contributed by atoms with Gasteiger partial charge in [0.1, 0.15) is 5.60 Å². The minimum absolute atomic E-state index is 0.206. The van der Waals surface area contributed by atoms with Gasteiger partial charge in [0.25, 0.3) is 0 Å². The molecule has 6 heteroatoms. The molecule has 2 N–H and O–H groups in total. The fourth-order valence-corrected chi connectivity index (χ4v) is 1.56. The van der Waals surface area contributed by atoms with Crippen molar-refractivity contribution in [2.45, 2.75) is 32.8 Å². The summed E-state index contributed by atoms with van der Waals surface area (Å²) in [7, 11) is 0. The Labute approximate surface area is 116 Å². The van der Waals surface area contributed by atoms with E-state index in [1.165, 1.54) is 12.1 Å². The van der Waals surface area contributed by atoms with Gasteiger partial charge in [-0.1, -0.05) is 11.6 Å². The van der Waals surface area contributed by atoms with E-state index < -0.39 is 17.7 Å². The fraction of sp³-hybridized carbons (Fsp3) is 0.385. The molecule has 0 bridgehead atoms. The van der Waals surface area contributed by atoms with Gasteiger partial charge in [-0.25, -0.2) is 4.79 Å². The first-order valence-electron chi connectivity index (χ1n) is 5.67. The smallest absolute Gasteiger partial charge is 0.412 e. The first-order chi connectivity index (χ1) is 8.67. The summed E-state index contributed by atoms with van der Waals surface area (Å²) in [6.07, 6.45) is -0.807. The highest BCUT2D eigenvalue weighted by Gasteiger charge is 2.16. The van der Waals surface area contributed by atoms with Gasteiger partial charge in [-0.05, 0) is 44.5 Å². The lowest BCUT2D eigenvalue weighted by molar-refractivity contribution is -0.136. The monoisotopic (exact) mass is 285 g/mol. The Balaban J connectivity index is 2.79. The van der Waals surface area contributed by atoms with Gasteiger partial charge in [0.15, 0.2) is 0 Å². The van der Waals surface area contributed by atoms with Gasteiger partial charge in [-0.15, -0.1) is 0 Å². The summed E-state index contributed by atoms with van der Waals surface area (Å²) in [5.74, 6) is -0.990. The number of hydrogen-bond acceptors (Lipinski definition) is 3. The Hall–Kier alpha value is -1.75. The topological polar surface area (TPSA) is 75.6 Å². The second-order valence-corrected chi connectivity index (χ2v) is 5.41. The molecule has 0 aliphatic rings. The van der Waals surface area contributed by atoms with E-state index in [9.17, 15) is 9.59 Å². The van der Waals surface area contributed by atoms with E-state index in [1.807, 2.05) is 0 Å². The molecule has 1 aromatic carbocycles. The van der Waals surface area contributed by atoms with Gasteiger partial charge in [0.2, 0.25) is 0 Å². The number of carbonyl (C=O) groups excluding carboxylic acids is 1. The number of anilines is 1. The second-order valence-electron chi connectivity index (χ2n) is 5.00. The van der Waals surface area contributed by atoms with Crippen LogP contribution in [0.3, 0.4) is 0 Å². The molecule has 0 aliphatic carbocycles. The molecule has 1 aromatic rings. The Morgan fingerprint density at radius 1 is 1.37 bits per heavy atom. The van der Waals surface area contributed by atoms with Crippen LogP contribution in [0.5, 0.6) is 0 Å². The third-order valence-electron chi connectivity index (χ3n) is 2.03. The molecule has 0 spiro atoms. The van der Waals surface area contributed by atoms with Crippen LogP contribution in [0, 0.1) is 0 Å². The van der Waals surface area contributed by atoms with Crippen molar-refractivity contribution in [2.75, 3.05) is 5.32 Å². The summed E-state index contributed by atoms with van der Waals surface area (Å²) in [5, 5.41) is 11.6. The van der Waals surface area contributed by atoms with E-state index in [4.69, 9.17) is 21.4 Å². The van der Waals surface area contributed by atoms with Crippen LogP contribution in [0.2, 0.25) is 5.02 Å². The van der Waals surface area contributed by atoms with Crippen LogP contribution in [-0.2, 0) is 16.0 Å². The molecule has 0 saturated carbocycles. The first-order valence-corrected chi connectivity index (χ1v) is 6.05. The van der Waals surface area contributed by atoms with Gasteiger partial charge in [-0.3, -0.25) is 10.1 Å². The van der Waals surface area contributed by atoms with E-state index in [0.717, 1.165) is 0 Å². The quantitative estimate of drug-likeness (QED) is 0.893. The number of amides is 1. The molecule has 104 valence electrons. The van der Waals surface area contributed by atoms with Gasteiger partial charge in [-0.2, -0.15) is 0 Å². The largest absolute Gasteiger partial charge is 0.481 e. The first kappa shape index (κ1) is 15.3. The van der Waals surface area contributed by atoms with Gasteiger partial charge >= 0.3 is 12.1 Å². The van der Waals surface area contributed by atoms with Crippen LogP contribution < -0.4 is 5.32 Å². The van der Waals surface area contributed by atoms with Crippen molar-refractivity contribution in [3.63, 3.8) is 0 Å². The predicted molar refractivity (Wildman–Crippen MR) is 72.6 cm³/mol. The van der Waals surface area contributed by atoms with Crippen molar-refractivity contribution >= 4 is 29.4 Å². The maximum atomic E-state index is 11.6. The van der Waals surface area contributed by atoms with Crippen LogP contribution in [0.25, 0.3) is 0 Å². The number of ether oxygens (including phenoxy) is 1. The summed E-state index contributed by atoms with van der Waals surface area (Å²) in [5.41, 5.74) is 0.276. The molecular formula is C13H16ClNO4. The maximum Gasteiger partial charge on any atom is 0.412 e. The molecule has 0 aromatic heterocycles. The van der Waals surface area contributed by atoms with E-state index in [-0.39, 0.29) is 6.42 Å². The van der Waals surface area contributed by atoms with Crippen molar-refractivity contribution in [3.8, 4) is 0 Å².